The highest BCUT2D eigenvalue weighted by molar-refractivity contribution is 7.89. The first-order chi connectivity index (χ1) is 15.8. The van der Waals surface area contributed by atoms with E-state index >= 15 is 0 Å². The number of hydrogen-bond acceptors (Lipinski definition) is 10. The maximum absolute atomic E-state index is 11.7. The average Bonchev–Trinajstić information content (AvgIpc) is 3.26. The zero-order valence-electron chi connectivity index (χ0n) is 17.5. The number of nitrogens with zero attached hydrogens (tertiary/aromatic N) is 5. The average molecular weight is 477 g/mol. The lowest BCUT2D eigenvalue weighted by Crippen LogP contribution is -2.33. The predicted octanol–water partition coefficient (Wildman–Crippen LogP) is -1.31. The van der Waals surface area contributed by atoms with Crippen molar-refractivity contribution >= 4 is 27.0 Å². The molecule has 0 radical (unpaired) electrons. The van der Waals surface area contributed by atoms with E-state index in [0.29, 0.717) is 42.9 Å². The lowest BCUT2D eigenvalue weighted by atomic mass is 10.0. The van der Waals surface area contributed by atoms with Crippen molar-refractivity contribution in [3.05, 3.63) is 42.0 Å². The highest BCUT2D eigenvalue weighted by Gasteiger charge is 2.44. The number of anilines is 1. The van der Waals surface area contributed by atoms with Crippen molar-refractivity contribution < 1.29 is 28.5 Å². The highest BCUT2D eigenvalue weighted by atomic mass is 32.2. The van der Waals surface area contributed by atoms with Crippen LogP contribution in [0.15, 0.2) is 35.7 Å². The number of aliphatic hydroxyl groups excluding tert-OH is 3. The number of primary sulfonamides is 1. The summed E-state index contributed by atoms with van der Waals surface area (Å²) in [4.78, 5) is 15.3. The van der Waals surface area contributed by atoms with E-state index in [1.807, 2.05) is 0 Å². The summed E-state index contributed by atoms with van der Waals surface area (Å²) >= 11 is 0. The van der Waals surface area contributed by atoms with Gasteiger partial charge in [-0.1, -0.05) is 6.07 Å². The van der Waals surface area contributed by atoms with E-state index in [1.165, 1.54) is 23.3 Å². The van der Waals surface area contributed by atoms with Crippen molar-refractivity contribution in [2.75, 3.05) is 24.6 Å². The van der Waals surface area contributed by atoms with Crippen LogP contribution < -0.4 is 10.0 Å². The van der Waals surface area contributed by atoms with E-state index in [2.05, 4.69) is 19.9 Å². The molecule has 176 valence electrons. The standard InChI is InChI=1S/C20H24N6O6S/c21-33(30,31)13-2-1-11-3-5-25(6-4-12(11)7-13)18-15-19(23-9-22-18)26(10-24-15)20-17(29)16(28)14(8-27)32-20/h1-2,7,9-10,14,16-17,20,27-29H,3-6,8H2,(H2,21,30,31)/t14?,16-,17-,20?/m1/s1. The number of hydrogen-bond donors (Lipinski definition) is 4. The number of rotatable bonds is 4. The zero-order valence-corrected chi connectivity index (χ0v) is 18.3. The minimum atomic E-state index is -3.78. The van der Waals surface area contributed by atoms with Crippen LogP contribution >= 0.6 is 0 Å². The molecular weight excluding hydrogens is 452 g/mol. The zero-order chi connectivity index (χ0) is 23.3. The monoisotopic (exact) mass is 476 g/mol. The van der Waals surface area contributed by atoms with Gasteiger partial charge in [0.15, 0.2) is 23.2 Å². The first-order valence-corrected chi connectivity index (χ1v) is 12.0. The molecule has 2 aromatic heterocycles. The molecule has 1 saturated heterocycles. The summed E-state index contributed by atoms with van der Waals surface area (Å²) in [5.41, 5.74) is 2.90. The normalized spacial score (nSPS) is 25.9. The van der Waals surface area contributed by atoms with Crippen LogP contribution in [0.1, 0.15) is 17.4 Å². The van der Waals surface area contributed by atoms with Crippen LogP contribution in [0.2, 0.25) is 0 Å². The van der Waals surface area contributed by atoms with E-state index in [4.69, 9.17) is 9.88 Å². The number of fused-ring (bicyclic) bond motifs is 2. The second-order valence-corrected chi connectivity index (χ2v) is 9.77. The molecule has 2 aliphatic rings. The summed E-state index contributed by atoms with van der Waals surface area (Å²) in [6.45, 7) is 0.783. The number of aliphatic hydroxyl groups is 3. The SMILES string of the molecule is NS(=O)(=O)c1ccc2c(c1)CCN(c1ncnc3c1ncn3C1OC(CO)[C@@H](O)[C@H]1O)CC2. The largest absolute Gasteiger partial charge is 0.394 e. The summed E-state index contributed by atoms with van der Waals surface area (Å²) in [6.07, 6.45) is -0.197. The molecule has 1 aromatic carbocycles. The lowest BCUT2D eigenvalue weighted by molar-refractivity contribution is -0.0511. The molecule has 0 aliphatic carbocycles. The first-order valence-electron chi connectivity index (χ1n) is 10.5. The fraction of sp³-hybridized carbons (Fsp3) is 0.450. The molecule has 5 rings (SSSR count). The van der Waals surface area contributed by atoms with Crippen molar-refractivity contribution in [1.82, 2.24) is 19.5 Å². The first kappa shape index (κ1) is 22.1. The third kappa shape index (κ3) is 3.86. The van der Waals surface area contributed by atoms with Crippen molar-refractivity contribution in [3.8, 4) is 0 Å². The van der Waals surface area contributed by atoms with Gasteiger partial charge in [0.2, 0.25) is 10.0 Å². The fourth-order valence-electron chi connectivity index (χ4n) is 4.46. The van der Waals surface area contributed by atoms with Crippen molar-refractivity contribution in [2.24, 2.45) is 5.14 Å². The molecular formula is C20H24N6O6S. The number of aromatic nitrogens is 4. The molecule has 13 heteroatoms. The van der Waals surface area contributed by atoms with Crippen molar-refractivity contribution in [3.63, 3.8) is 0 Å². The Balaban J connectivity index is 1.44. The van der Waals surface area contributed by atoms with Gasteiger partial charge in [-0.25, -0.2) is 28.5 Å². The van der Waals surface area contributed by atoms with Crippen LogP contribution in [0, 0.1) is 0 Å². The van der Waals surface area contributed by atoms with Crippen LogP contribution in [-0.4, -0.2) is 81.3 Å². The third-order valence-electron chi connectivity index (χ3n) is 6.24. The smallest absolute Gasteiger partial charge is 0.238 e. The molecule has 0 amide bonds. The Morgan fingerprint density at radius 3 is 2.55 bits per heavy atom. The molecule has 12 nitrogen and oxygen atoms in total. The Morgan fingerprint density at radius 2 is 1.85 bits per heavy atom. The van der Waals surface area contributed by atoms with E-state index in [0.717, 1.165) is 11.1 Å². The second-order valence-electron chi connectivity index (χ2n) is 8.21. The number of sulfonamides is 1. The van der Waals surface area contributed by atoms with E-state index < -0.39 is 41.2 Å². The molecule has 5 N–H and O–H groups in total. The van der Waals surface area contributed by atoms with Gasteiger partial charge in [0.05, 0.1) is 17.8 Å². The predicted molar refractivity (Wildman–Crippen MR) is 116 cm³/mol. The summed E-state index contributed by atoms with van der Waals surface area (Å²) in [5, 5.41) is 35.1. The van der Waals surface area contributed by atoms with Gasteiger partial charge >= 0.3 is 0 Å². The van der Waals surface area contributed by atoms with Gasteiger partial charge in [-0.3, -0.25) is 4.57 Å². The Kier molecular flexibility index (Phi) is 5.55. The molecule has 1 fully saturated rings. The lowest BCUT2D eigenvalue weighted by Gasteiger charge is -2.21. The fourth-order valence-corrected chi connectivity index (χ4v) is 5.02. The molecule has 2 unspecified atom stereocenters. The molecule has 4 heterocycles. The molecule has 4 atom stereocenters. The van der Waals surface area contributed by atoms with Gasteiger partial charge in [-0.15, -0.1) is 0 Å². The maximum atomic E-state index is 11.7. The molecule has 0 bridgehead atoms. The maximum Gasteiger partial charge on any atom is 0.238 e. The van der Waals surface area contributed by atoms with Gasteiger partial charge in [-0.05, 0) is 36.1 Å². The second kappa shape index (κ2) is 8.27. The Bertz CT molecular complexity index is 1300. The summed E-state index contributed by atoms with van der Waals surface area (Å²) in [6, 6.07) is 4.94. The molecule has 3 aromatic rings. The summed E-state index contributed by atoms with van der Waals surface area (Å²) in [5.74, 6) is 0.602. The summed E-state index contributed by atoms with van der Waals surface area (Å²) in [7, 11) is -3.78. The van der Waals surface area contributed by atoms with Gasteiger partial charge < -0.3 is 25.0 Å². The van der Waals surface area contributed by atoms with Crippen LogP contribution in [0.3, 0.4) is 0 Å². The van der Waals surface area contributed by atoms with Crippen LogP contribution in [0.4, 0.5) is 5.82 Å². The Morgan fingerprint density at radius 1 is 1.09 bits per heavy atom. The number of ether oxygens (including phenoxy) is 1. The minimum Gasteiger partial charge on any atom is -0.394 e. The molecule has 2 aliphatic heterocycles. The van der Waals surface area contributed by atoms with Crippen LogP contribution in [-0.2, 0) is 27.6 Å². The molecule has 0 spiro atoms. The number of imidazole rings is 1. The van der Waals surface area contributed by atoms with Gasteiger partial charge in [0, 0.05) is 13.1 Å². The number of nitrogens with two attached hydrogens (primary N) is 1. The Labute approximate surface area is 189 Å². The molecule has 0 saturated carbocycles. The van der Waals surface area contributed by atoms with E-state index in [1.54, 1.807) is 12.1 Å². The van der Waals surface area contributed by atoms with Crippen molar-refractivity contribution in [1.29, 1.82) is 0 Å². The van der Waals surface area contributed by atoms with Gasteiger partial charge in [-0.2, -0.15) is 0 Å². The number of benzene rings is 1. The topological polar surface area (TPSA) is 177 Å². The molecule has 33 heavy (non-hydrogen) atoms. The van der Waals surface area contributed by atoms with Crippen LogP contribution in [0.5, 0.6) is 0 Å². The Hall–Kier alpha value is -2.68. The van der Waals surface area contributed by atoms with Crippen LogP contribution in [0.25, 0.3) is 11.2 Å². The van der Waals surface area contributed by atoms with Gasteiger partial charge in [0.1, 0.15) is 24.6 Å². The quantitative estimate of drug-likeness (QED) is 0.353. The van der Waals surface area contributed by atoms with E-state index in [-0.39, 0.29) is 4.90 Å². The third-order valence-corrected chi connectivity index (χ3v) is 7.15. The minimum absolute atomic E-state index is 0.0939. The van der Waals surface area contributed by atoms with Gasteiger partial charge in [0.25, 0.3) is 0 Å². The summed E-state index contributed by atoms with van der Waals surface area (Å²) < 4.78 is 30.6. The van der Waals surface area contributed by atoms with E-state index in [9.17, 15) is 23.7 Å². The highest BCUT2D eigenvalue weighted by Crippen LogP contribution is 2.33. The van der Waals surface area contributed by atoms with Crippen molar-refractivity contribution in [2.45, 2.75) is 42.3 Å².